The van der Waals surface area contributed by atoms with Gasteiger partial charge in [0.2, 0.25) is 0 Å². The van der Waals surface area contributed by atoms with E-state index in [9.17, 15) is 0 Å². The van der Waals surface area contributed by atoms with Crippen molar-refractivity contribution in [3.05, 3.63) is 175 Å². The average molecular weight is 642 g/mol. The minimum absolute atomic E-state index is 0.719. The minimum atomic E-state index is 0.719. The molecule has 0 bridgehead atoms. The maximum atomic E-state index is 5.28. The third kappa shape index (κ3) is 4.98. The van der Waals surface area contributed by atoms with Crippen LogP contribution in [0, 0.1) is 6.92 Å². The first-order chi connectivity index (χ1) is 24.7. The van der Waals surface area contributed by atoms with Crippen LogP contribution in [0.25, 0.3) is 83.3 Å². The van der Waals surface area contributed by atoms with Gasteiger partial charge in [-0.25, -0.2) is 9.97 Å². The number of fused-ring (bicyclic) bond motifs is 4. The molecule has 0 amide bonds. The second-order valence-electron chi connectivity index (χ2n) is 12.9. The summed E-state index contributed by atoms with van der Waals surface area (Å²) in [6, 6.07) is 58.4. The maximum Gasteiger partial charge on any atom is 0.160 e. The van der Waals surface area contributed by atoms with Gasteiger partial charge in [-0.2, -0.15) is 0 Å². The van der Waals surface area contributed by atoms with E-state index in [2.05, 4.69) is 182 Å². The molecule has 0 spiro atoms. The zero-order valence-corrected chi connectivity index (χ0v) is 28.1. The van der Waals surface area contributed by atoms with Crippen molar-refractivity contribution in [3.8, 4) is 50.6 Å². The van der Waals surface area contributed by atoms with E-state index in [1.807, 2.05) is 0 Å². The predicted molar refractivity (Wildman–Crippen MR) is 210 cm³/mol. The topological polar surface area (TPSA) is 30.7 Å². The molecular formula is C47H35N3. The van der Waals surface area contributed by atoms with E-state index in [1.165, 1.54) is 55.4 Å². The van der Waals surface area contributed by atoms with Gasteiger partial charge in [0.1, 0.15) is 0 Å². The van der Waals surface area contributed by atoms with Gasteiger partial charge in [0, 0.05) is 38.5 Å². The number of hydrogen-bond donors (Lipinski definition) is 0. The number of aryl methyl sites for hydroxylation is 2. The molecule has 9 aromatic rings. The molecule has 0 aliphatic heterocycles. The van der Waals surface area contributed by atoms with E-state index in [0.717, 1.165) is 45.5 Å². The lowest BCUT2D eigenvalue weighted by Crippen LogP contribution is -1.99. The summed E-state index contributed by atoms with van der Waals surface area (Å²) in [4.78, 5) is 10.4. The first-order valence-corrected chi connectivity index (χ1v) is 17.3. The Hall–Kier alpha value is -6.32. The molecule has 0 unspecified atom stereocenters. The van der Waals surface area contributed by atoms with Gasteiger partial charge in [0.15, 0.2) is 5.82 Å². The van der Waals surface area contributed by atoms with Crippen LogP contribution in [0.5, 0.6) is 0 Å². The molecule has 0 saturated carbocycles. The van der Waals surface area contributed by atoms with Gasteiger partial charge >= 0.3 is 0 Å². The molecule has 0 saturated heterocycles. The number of benzene rings is 7. The van der Waals surface area contributed by atoms with Crippen molar-refractivity contribution in [2.75, 3.05) is 0 Å². The Morgan fingerprint density at radius 2 is 1.16 bits per heavy atom. The van der Waals surface area contributed by atoms with Crippen LogP contribution < -0.4 is 0 Å². The quantitative estimate of drug-likeness (QED) is 0.181. The molecule has 0 aliphatic rings. The van der Waals surface area contributed by atoms with E-state index in [1.54, 1.807) is 0 Å². The SMILES string of the molecule is CCc1ccccc1-c1cccc2c3cc(-c4nc(-c5ccc(-c6ccccc6)cc5)c5ccccc5n4)ccc3n(-c3ccccc3C)c12. The van der Waals surface area contributed by atoms with Gasteiger partial charge in [0.05, 0.1) is 22.2 Å². The van der Waals surface area contributed by atoms with Gasteiger partial charge in [-0.05, 0) is 71.5 Å². The molecule has 0 fully saturated rings. The van der Waals surface area contributed by atoms with Gasteiger partial charge in [-0.15, -0.1) is 0 Å². The molecule has 2 aromatic heterocycles. The van der Waals surface area contributed by atoms with Gasteiger partial charge < -0.3 is 4.57 Å². The van der Waals surface area contributed by atoms with Crippen molar-refractivity contribution in [1.29, 1.82) is 0 Å². The molecular weight excluding hydrogens is 607 g/mol. The van der Waals surface area contributed by atoms with Crippen LogP contribution in [0.15, 0.2) is 164 Å². The number of aromatic nitrogens is 3. The van der Waals surface area contributed by atoms with Crippen LogP contribution in [-0.4, -0.2) is 14.5 Å². The summed E-state index contributed by atoms with van der Waals surface area (Å²) in [5.41, 5.74) is 15.0. The Kier molecular flexibility index (Phi) is 7.32. The van der Waals surface area contributed by atoms with Gasteiger partial charge in [-0.1, -0.05) is 140 Å². The monoisotopic (exact) mass is 641 g/mol. The molecule has 0 atom stereocenters. The smallest absolute Gasteiger partial charge is 0.160 e. The fourth-order valence-corrected chi connectivity index (χ4v) is 7.46. The zero-order valence-electron chi connectivity index (χ0n) is 28.1. The lowest BCUT2D eigenvalue weighted by Gasteiger charge is -2.15. The number of hydrogen-bond acceptors (Lipinski definition) is 2. The third-order valence-corrected chi connectivity index (χ3v) is 9.96. The second-order valence-corrected chi connectivity index (χ2v) is 12.9. The number of para-hydroxylation sites is 3. The Morgan fingerprint density at radius 3 is 2.00 bits per heavy atom. The second kappa shape index (κ2) is 12.3. The van der Waals surface area contributed by atoms with Crippen LogP contribution >= 0.6 is 0 Å². The fourth-order valence-electron chi connectivity index (χ4n) is 7.46. The summed E-state index contributed by atoms with van der Waals surface area (Å²) < 4.78 is 2.45. The molecule has 3 heteroatoms. The standard InChI is InChI=1S/C47H35N3/c1-3-32-15-8-9-18-37(32)38-20-13-21-39-41-30-36(28-29-44(41)50(46(38)39)43-23-12-7-14-31(43)2)47-48-42-22-11-10-19-40(42)45(49-47)35-26-24-34(25-27-35)33-16-5-4-6-17-33/h4-30H,3H2,1-2H3. The van der Waals surface area contributed by atoms with Crippen molar-refractivity contribution < 1.29 is 0 Å². The molecule has 0 N–H and O–H groups in total. The minimum Gasteiger partial charge on any atom is -0.308 e. The van der Waals surface area contributed by atoms with E-state index in [-0.39, 0.29) is 0 Å². The van der Waals surface area contributed by atoms with E-state index in [0.29, 0.717) is 0 Å². The lowest BCUT2D eigenvalue weighted by molar-refractivity contribution is 1.13. The highest BCUT2D eigenvalue weighted by molar-refractivity contribution is 6.15. The molecule has 9 rings (SSSR count). The summed E-state index contributed by atoms with van der Waals surface area (Å²) in [5, 5.41) is 3.44. The van der Waals surface area contributed by atoms with Crippen LogP contribution in [0.1, 0.15) is 18.1 Å². The van der Waals surface area contributed by atoms with Crippen molar-refractivity contribution in [2.24, 2.45) is 0 Å². The molecule has 7 aromatic carbocycles. The molecule has 0 aliphatic carbocycles. The van der Waals surface area contributed by atoms with E-state index >= 15 is 0 Å². The summed E-state index contributed by atoms with van der Waals surface area (Å²) in [6.45, 7) is 4.43. The Bertz CT molecular complexity index is 2680. The van der Waals surface area contributed by atoms with Gasteiger partial charge in [-0.3, -0.25) is 0 Å². The van der Waals surface area contributed by atoms with Crippen molar-refractivity contribution >= 4 is 32.7 Å². The Morgan fingerprint density at radius 1 is 0.500 bits per heavy atom. The van der Waals surface area contributed by atoms with Crippen LogP contribution in [0.4, 0.5) is 0 Å². The third-order valence-electron chi connectivity index (χ3n) is 9.96. The summed E-state index contributed by atoms with van der Waals surface area (Å²) in [5.74, 6) is 0.719. The molecule has 2 heterocycles. The van der Waals surface area contributed by atoms with E-state index < -0.39 is 0 Å². The van der Waals surface area contributed by atoms with Crippen molar-refractivity contribution in [2.45, 2.75) is 20.3 Å². The average Bonchev–Trinajstić information content (AvgIpc) is 3.52. The van der Waals surface area contributed by atoms with Crippen molar-refractivity contribution in [3.63, 3.8) is 0 Å². The summed E-state index contributed by atoms with van der Waals surface area (Å²) >= 11 is 0. The largest absolute Gasteiger partial charge is 0.308 e. The van der Waals surface area contributed by atoms with Crippen molar-refractivity contribution in [1.82, 2.24) is 14.5 Å². The molecule has 0 radical (unpaired) electrons. The molecule has 3 nitrogen and oxygen atoms in total. The highest BCUT2D eigenvalue weighted by Crippen LogP contribution is 2.41. The number of rotatable bonds is 6. The fraction of sp³-hybridized carbons (Fsp3) is 0.0638. The predicted octanol–water partition coefficient (Wildman–Crippen LogP) is 12.3. The first kappa shape index (κ1) is 29.8. The normalized spacial score (nSPS) is 11.5. The van der Waals surface area contributed by atoms with Crippen LogP contribution in [0.3, 0.4) is 0 Å². The van der Waals surface area contributed by atoms with Crippen LogP contribution in [0.2, 0.25) is 0 Å². The number of nitrogens with zero attached hydrogens (tertiary/aromatic N) is 3. The zero-order chi connectivity index (χ0) is 33.6. The van der Waals surface area contributed by atoms with E-state index in [4.69, 9.17) is 9.97 Å². The Balaban J connectivity index is 1.26. The summed E-state index contributed by atoms with van der Waals surface area (Å²) in [6.07, 6.45) is 0.970. The first-order valence-electron chi connectivity index (χ1n) is 17.3. The summed E-state index contributed by atoms with van der Waals surface area (Å²) in [7, 11) is 0. The lowest BCUT2D eigenvalue weighted by atomic mass is 9.96. The maximum absolute atomic E-state index is 5.28. The molecule has 238 valence electrons. The molecule has 50 heavy (non-hydrogen) atoms. The highest BCUT2D eigenvalue weighted by atomic mass is 15.0. The Labute approximate surface area is 292 Å². The highest BCUT2D eigenvalue weighted by Gasteiger charge is 2.20. The van der Waals surface area contributed by atoms with Crippen LogP contribution in [-0.2, 0) is 6.42 Å². The van der Waals surface area contributed by atoms with Gasteiger partial charge in [0.25, 0.3) is 0 Å².